The van der Waals surface area contributed by atoms with Gasteiger partial charge in [0.15, 0.2) is 5.82 Å². The molecule has 41 heavy (non-hydrogen) atoms. The fraction of sp³-hybridized carbons (Fsp3) is 0.533. The van der Waals surface area contributed by atoms with Gasteiger partial charge in [0.05, 0.1) is 24.5 Å². The summed E-state index contributed by atoms with van der Waals surface area (Å²) >= 11 is 0. The highest BCUT2D eigenvalue weighted by Crippen LogP contribution is 2.38. The van der Waals surface area contributed by atoms with E-state index in [4.69, 9.17) is 14.5 Å². The number of likely N-dealkylation sites (tertiary alicyclic amines) is 1. The molecule has 218 valence electrons. The van der Waals surface area contributed by atoms with Crippen LogP contribution in [0.4, 0.5) is 4.79 Å². The number of rotatable bonds is 6. The number of aromatic nitrogens is 5. The minimum Gasteiger partial charge on any atom is -0.494 e. The molecule has 1 N–H and O–H groups in total. The van der Waals surface area contributed by atoms with Crippen molar-refractivity contribution in [2.75, 3.05) is 20.2 Å². The summed E-state index contributed by atoms with van der Waals surface area (Å²) < 4.78 is 17.5. The van der Waals surface area contributed by atoms with Crippen LogP contribution in [-0.4, -0.2) is 72.6 Å². The zero-order valence-electron chi connectivity index (χ0n) is 24.7. The predicted molar refractivity (Wildman–Crippen MR) is 156 cm³/mol. The van der Waals surface area contributed by atoms with Crippen molar-refractivity contribution in [1.82, 2.24) is 34.1 Å². The molecule has 11 nitrogen and oxygen atoms in total. The Kier molecular flexibility index (Phi) is 6.70. The predicted octanol–water partition coefficient (Wildman–Crippen LogP) is 4.48. The molecule has 0 radical (unpaired) electrons. The van der Waals surface area contributed by atoms with E-state index >= 15 is 0 Å². The summed E-state index contributed by atoms with van der Waals surface area (Å²) in [5.41, 5.74) is 3.59. The lowest BCUT2D eigenvalue weighted by Gasteiger charge is -2.33. The summed E-state index contributed by atoms with van der Waals surface area (Å²) in [4.78, 5) is 32.9. The summed E-state index contributed by atoms with van der Waals surface area (Å²) in [6.45, 7) is 7.46. The van der Waals surface area contributed by atoms with Gasteiger partial charge in [0.25, 0.3) is 5.91 Å². The first-order chi connectivity index (χ1) is 19.5. The van der Waals surface area contributed by atoms with Crippen molar-refractivity contribution in [3.05, 3.63) is 30.0 Å². The third-order valence-electron chi connectivity index (χ3n) is 7.97. The second kappa shape index (κ2) is 10.1. The lowest BCUT2D eigenvalue weighted by atomic mass is 10.0. The van der Waals surface area contributed by atoms with Gasteiger partial charge in [-0.3, -0.25) is 9.48 Å². The fourth-order valence-electron chi connectivity index (χ4n) is 5.90. The van der Waals surface area contributed by atoms with Gasteiger partial charge in [0.2, 0.25) is 0 Å². The minimum absolute atomic E-state index is 0.109. The van der Waals surface area contributed by atoms with Crippen LogP contribution < -0.4 is 10.1 Å². The van der Waals surface area contributed by atoms with Crippen molar-refractivity contribution in [2.45, 2.75) is 64.6 Å². The molecule has 1 saturated carbocycles. The van der Waals surface area contributed by atoms with E-state index in [1.165, 1.54) is 12.8 Å². The number of aryl methyl sites for hydroxylation is 2. The molecule has 1 aliphatic heterocycles. The highest BCUT2D eigenvalue weighted by atomic mass is 16.6. The molecule has 1 saturated heterocycles. The molecular weight excluding hydrogens is 522 g/mol. The molecule has 2 fully saturated rings. The zero-order chi connectivity index (χ0) is 29.1. The van der Waals surface area contributed by atoms with Crippen molar-refractivity contribution in [2.24, 2.45) is 20.0 Å². The van der Waals surface area contributed by atoms with Crippen molar-refractivity contribution in [1.29, 1.82) is 0 Å². The number of alkyl carbamates (subject to hydrolysis) is 1. The SMILES string of the molecule is COc1cc(C(=O)N2CCCC(NC(=O)OC(C)(C)C)C2)cc2nc(-c3cc4cnn(C)c4n3CC3CC3)n(C)c12. The van der Waals surface area contributed by atoms with Gasteiger partial charge in [0.1, 0.15) is 22.5 Å². The van der Waals surface area contributed by atoms with Gasteiger partial charge in [-0.2, -0.15) is 5.10 Å². The van der Waals surface area contributed by atoms with E-state index in [9.17, 15) is 9.59 Å². The average molecular weight is 562 g/mol. The highest BCUT2D eigenvalue weighted by Gasteiger charge is 2.30. The first-order valence-corrected chi connectivity index (χ1v) is 14.4. The van der Waals surface area contributed by atoms with Crippen LogP contribution in [0.2, 0.25) is 0 Å². The number of hydrogen-bond donors (Lipinski definition) is 1. The van der Waals surface area contributed by atoms with Crippen LogP contribution in [-0.2, 0) is 25.4 Å². The molecule has 1 atom stereocenters. The van der Waals surface area contributed by atoms with E-state index in [0.29, 0.717) is 35.8 Å². The molecule has 4 heterocycles. The third kappa shape index (κ3) is 5.25. The van der Waals surface area contributed by atoms with Crippen molar-refractivity contribution >= 4 is 34.1 Å². The van der Waals surface area contributed by atoms with Gasteiger partial charge < -0.3 is 28.8 Å². The topological polar surface area (TPSA) is 108 Å². The zero-order valence-corrected chi connectivity index (χ0v) is 24.7. The van der Waals surface area contributed by atoms with Gasteiger partial charge in [-0.1, -0.05) is 0 Å². The lowest BCUT2D eigenvalue weighted by molar-refractivity contribution is 0.0452. The summed E-state index contributed by atoms with van der Waals surface area (Å²) in [7, 11) is 5.58. The smallest absolute Gasteiger partial charge is 0.407 e. The Morgan fingerprint density at radius 1 is 1.12 bits per heavy atom. The van der Waals surface area contributed by atoms with Crippen LogP contribution in [0.5, 0.6) is 5.75 Å². The molecule has 1 aliphatic carbocycles. The maximum atomic E-state index is 13.7. The van der Waals surface area contributed by atoms with Crippen molar-refractivity contribution in [3.8, 4) is 17.3 Å². The first kappa shape index (κ1) is 27.2. The fourth-order valence-corrected chi connectivity index (χ4v) is 5.90. The standard InChI is InChI=1S/C30H39N7O4/c1-30(2,3)41-29(39)32-21-8-7-11-36(17-21)28(38)19-12-22-25(24(14-19)40-6)34(4)26(33-22)23-13-20-15-31-35(5)27(20)37(23)16-18-9-10-18/h12-15,18,21H,7-11,16-17H2,1-6H3,(H,32,39). The molecule has 1 aromatic carbocycles. The maximum absolute atomic E-state index is 13.7. The van der Waals surface area contributed by atoms with E-state index in [1.54, 1.807) is 18.1 Å². The molecule has 1 unspecified atom stereocenters. The Morgan fingerprint density at radius 2 is 1.90 bits per heavy atom. The number of piperidine rings is 1. The summed E-state index contributed by atoms with van der Waals surface area (Å²) in [5.74, 6) is 1.98. The summed E-state index contributed by atoms with van der Waals surface area (Å²) in [5, 5.41) is 8.47. The number of methoxy groups -OCH3 is 1. The number of imidazole rings is 1. The van der Waals surface area contributed by atoms with Gasteiger partial charge >= 0.3 is 6.09 Å². The second-order valence-corrected chi connectivity index (χ2v) is 12.4. The van der Waals surface area contributed by atoms with Crippen LogP contribution in [0.15, 0.2) is 24.4 Å². The van der Waals surface area contributed by atoms with Gasteiger partial charge in [-0.15, -0.1) is 0 Å². The van der Waals surface area contributed by atoms with E-state index in [1.807, 2.05) is 51.8 Å². The molecule has 3 aromatic heterocycles. The van der Waals surface area contributed by atoms with E-state index < -0.39 is 11.7 Å². The number of hydrogen-bond acceptors (Lipinski definition) is 6. The normalized spacial score (nSPS) is 17.8. The second-order valence-electron chi connectivity index (χ2n) is 12.4. The molecular formula is C30H39N7O4. The Bertz CT molecular complexity index is 1640. The maximum Gasteiger partial charge on any atom is 0.407 e. The average Bonchev–Trinajstić information content (AvgIpc) is 3.44. The molecule has 2 amide bonds. The molecule has 0 bridgehead atoms. The quantitative estimate of drug-likeness (QED) is 0.372. The lowest BCUT2D eigenvalue weighted by Crippen LogP contribution is -2.50. The van der Waals surface area contributed by atoms with E-state index in [0.717, 1.165) is 47.5 Å². The highest BCUT2D eigenvalue weighted by molar-refractivity contribution is 6.00. The number of nitrogens with zero attached hydrogens (tertiary/aromatic N) is 6. The number of benzene rings is 1. The number of ether oxygens (including phenoxy) is 2. The first-order valence-electron chi connectivity index (χ1n) is 14.4. The van der Waals surface area contributed by atoms with Gasteiger partial charge in [0, 0.05) is 50.7 Å². The van der Waals surface area contributed by atoms with E-state index in [2.05, 4.69) is 25.6 Å². The number of carbonyl (C=O) groups is 2. The molecule has 4 aromatic rings. The largest absolute Gasteiger partial charge is 0.494 e. The minimum atomic E-state index is -0.578. The Morgan fingerprint density at radius 3 is 2.61 bits per heavy atom. The number of nitrogens with one attached hydrogen (secondary N) is 1. The van der Waals surface area contributed by atoms with Gasteiger partial charge in [-0.25, -0.2) is 9.78 Å². The number of amides is 2. The molecule has 11 heteroatoms. The van der Waals surface area contributed by atoms with Crippen LogP contribution in [0.25, 0.3) is 33.6 Å². The van der Waals surface area contributed by atoms with Crippen LogP contribution in [0, 0.1) is 5.92 Å². The third-order valence-corrected chi connectivity index (χ3v) is 7.97. The Hall–Kier alpha value is -4.02. The Balaban J connectivity index is 1.31. The molecule has 6 rings (SSSR count). The molecule has 0 spiro atoms. The van der Waals surface area contributed by atoms with E-state index in [-0.39, 0.29) is 11.9 Å². The Labute approximate surface area is 239 Å². The van der Waals surface area contributed by atoms with Crippen molar-refractivity contribution in [3.63, 3.8) is 0 Å². The monoisotopic (exact) mass is 561 g/mol. The number of fused-ring (bicyclic) bond motifs is 2. The molecule has 2 aliphatic rings. The van der Waals surface area contributed by atoms with Gasteiger partial charge in [-0.05, 0) is 70.6 Å². The summed E-state index contributed by atoms with van der Waals surface area (Å²) in [6, 6.07) is 5.63. The van der Waals surface area contributed by atoms with Crippen LogP contribution >= 0.6 is 0 Å². The van der Waals surface area contributed by atoms with Crippen LogP contribution in [0.1, 0.15) is 56.8 Å². The number of carbonyl (C=O) groups excluding carboxylic acids is 2. The summed E-state index contributed by atoms with van der Waals surface area (Å²) in [6.07, 6.45) is 5.49. The van der Waals surface area contributed by atoms with Crippen molar-refractivity contribution < 1.29 is 19.1 Å². The van der Waals surface area contributed by atoms with Crippen LogP contribution in [0.3, 0.4) is 0 Å².